The van der Waals surface area contributed by atoms with E-state index in [1.54, 1.807) is 0 Å². The highest BCUT2D eigenvalue weighted by molar-refractivity contribution is 5.69. The van der Waals surface area contributed by atoms with E-state index >= 15 is 0 Å². The van der Waals surface area contributed by atoms with Gasteiger partial charge in [-0.2, -0.15) is 0 Å². The maximum atomic E-state index is 11.1. The molecule has 22 heavy (non-hydrogen) atoms. The van der Waals surface area contributed by atoms with E-state index in [0.29, 0.717) is 6.42 Å². The molecule has 0 spiro atoms. The minimum absolute atomic E-state index is 0.141. The number of carbonyl (C=O) groups excluding carboxylic acids is 1. The van der Waals surface area contributed by atoms with Crippen LogP contribution in [0.3, 0.4) is 0 Å². The normalized spacial score (nSPS) is 10.7. The summed E-state index contributed by atoms with van der Waals surface area (Å²) in [5.74, 6) is -0.141. The van der Waals surface area contributed by atoms with Crippen LogP contribution in [-0.4, -0.2) is 31.6 Å². The predicted octanol–water partition coefficient (Wildman–Crippen LogP) is 3.74. The molecule has 0 saturated carbocycles. The van der Waals surface area contributed by atoms with Crippen molar-refractivity contribution in [3.05, 3.63) is 60.2 Å². The molecule has 3 nitrogen and oxygen atoms in total. The lowest BCUT2D eigenvalue weighted by Crippen LogP contribution is -2.20. The van der Waals surface area contributed by atoms with E-state index in [9.17, 15) is 4.79 Å². The Balaban J connectivity index is 1.99. The van der Waals surface area contributed by atoms with Crippen molar-refractivity contribution >= 4 is 5.97 Å². The largest absolute Gasteiger partial charge is 0.469 e. The third-order valence-electron chi connectivity index (χ3n) is 3.69. The van der Waals surface area contributed by atoms with Crippen LogP contribution in [0.15, 0.2) is 54.6 Å². The topological polar surface area (TPSA) is 29.5 Å². The quantitative estimate of drug-likeness (QED) is 0.729. The van der Waals surface area contributed by atoms with Gasteiger partial charge in [0.1, 0.15) is 0 Å². The molecule has 0 aliphatic carbocycles. The molecule has 0 amide bonds. The zero-order valence-corrected chi connectivity index (χ0v) is 13.3. The summed E-state index contributed by atoms with van der Waals surface area (Å²) in [6, 6.07) is 18.9. The summed E-state index contributed by atoms with van der Waals surface area (Å²) in [6.45, 7) is 1.74. The van der Waals surface area contributed by atoms with Crippen LogP contribution >= 0.6 is 0 Å². The first kappa shape index (κ1) is 16.2. The number of ether oxygens (including phenoxy) is 1. The van der Waals surface area contributed by atoms with Crippen LogP contribution in [0.25, 0.3) is 11.1 Å². The summed E-state index contributed by atoms with van der Waals surface area (Å²) in [6.07, 6.45) is 1.29. The van der Waals surface area contributed by atoms with E-state index in [0.717, 1.165) is 19.5 Å². The summed E-state index contributed by atoms with van der Waals surface area (Å²) in [4.78, 5) is 13.4. The van der Waals surface area contributed by atoms with Crippen molar-refractivity contribution in [3.63, 3.8) is 0 Å². The second-order valence-corrected chi connectivity index (χ2v) is 5.44. The highest BCUT2D eigenvalue weighted by Crippen LogP contribution is 2.24. The summed E-state index contributed by atoms with van der Waals surface area (Å²) >= 11 is 0. The molecule has 0 saturated heterocycles. The number of carbonyl (C=O) groups is 1. The van der Waals surface area contributed by atoms with Crippen LogP contribution in [0.1, 0.15) is 18.4 Å². The zero-order valence-electron chi connectivity index (χ0n) is 13.3. The third-order valence-corrected chi connectivity index (χ3v) is 3.69. The van der Waals surface area contributed by atoms with Crippen LogP contribution in [0.2, 0.25) is 0 Å². The number of hydrogen-bond donors (Lipinski definition) is 0. The Kier molecular flexibility index (Phi) is 6.16. The third kappa shape index (κ3) is 4.71. The Morgan fingerprint density at radius 1 is 1.05 bits per heavy atom. The van der Waals surface area contributed by atoms with Gasteiger partial charge < -0.3 is 9.64 Å². The molecule has 0 unspecified atom stereocenters. The molecule has 2 rings (SSSR count). The van der Waals surface area contributed by atoms with Gasteiger partial charge in [-0.25, -0.2) is 0 Å². The van der Waals surface area contributed by atoms with E-state index in [1.807, 2.05) is 6.07 Å². The highest BCUT2D eigenvalue weighted by Gasteiger charge is 2.08. The van der Waals surface area contributed by atoms with E-state index in [-0.39, 0.29) is 5.97 Å². The first-order valence-electron chi connectivity index (χ1n) is 7.59. The molecular weight excluding hydrogens is 274 g/mol. The van der Waals surface area contributed by atoms with Gasteiger partial charge in [-0.05, 0) is 36.7 Å². The molecule has 0 radical (unpaired) electrons. The van der Waals surface area contributed by atoms with Gasteiger partial charge in [0.05, 0.1) is 7.11 Å². The molecule has 0 bridgehead atoms. The van der Waals surface area contributed by atoms with Gasteiger partial charge in [0.15, 0.2) is 0 Å². The van der Waals surface area contributed by atoms with Gasteiger partial charge >= 0.3 is 5.97 Å². The molecule has 2 aromatic rings. The van der Waals surface area contributed by atoms with Crippen LogP contribution < -0.4 is 0 Å². The Bertz CT molecular complexity index is 595. The molecular formula is C19H23NO2. The summed E-state index contributed by atoms with van der Waals surface area (Å²) in [5.41, 5.74) is 3.80. The van der Waals surface area contributed by atoms with Crippen molar-refractivity contribution in [1.29, 1.82) is 0 Å². The fourth-order valence-electron chi connectivity index (χ4n) is 2.52. The van der Waals surface area contributed by atoms with E-state index < -0.39 is 0 Å². The van der Waals surface area contributed by atoms with Crippen molar-refractivity contribution in [3.8, 4) is 11.1 Å². The van der Waals surface area contributed by atoms with Gasteiger partial charge in [0.2, 0.25) is 0 Å². The molecule has 2 aromatic carbocycles. The fourth-order valence-corrected chi connectivity index (χ4v) is 2.52. The van der Waals surface area contributed by atoms with E-state index in [4.69, 9.17) is 0 Å². The van der Waals surface area contributed by atoms with Gasteiger partial charge in [0.25, 0.3) is 0 Å². The standard InChI is InChI=1S/C19H23NO2/c1-20(14-8-13-19(21)22-2)15-17-11-6-7-12-18(17)16-9-4-3-5-10-16/h3-7,9-12H,8,13-15H2,1-2H3. The number of methoxy groups -OCH3 is 1. The maximum absolute atomic E-state index is 11.1. The second kappa shape index (κ2) is 8.35. The monoisotopic (exact) mass is 297 g/mol. The minimum Gasteiger partial charge on any atom is -0.469 e. The lowest BCUT2D eigenvalue weighted by Gasteiger charge is -2.18. The zero-order chi connectivity index (χ0) is 15.8. The second-order valence-electron chi connectivity index (χ2n) is 5.44. The number of hydrogen-bond acceptors (Lipinski definition) is 3. The number of esters is 1. The fraction of sp³-hybridized carbons (Fsp3) is 0.316. The first-order chi connectivity index (χ1) is 10.7. The van der Waals surface area contributed by atoms with Crippen molar-refractivity contribution in [2.45, 2.75) is 19.4 Å². The van der Waals surface area contributed by atoms with Crippen LogP contribution in [0, 0.1) is 0 Å². The molecule has 0 aromatic heterocycles. The van der Waals surface area contributed by atoms with E-state index in [1.165, 1.54) is 23.8 Å². The Morgan fingerprint density at radius 3 is 2.45 bits per heavy atom. The van der Waals surface area contributed by atoms with Gasteiger partial charge in [-0.15, -0.1) is 0 Å². The Hall–Kier alpha value is -2.13. The Morgan fingerprint density at radius 2 is 1.73 bits per heavy atom. The summed E-state index contributed by atoms with van der Waals surface area (Å²) in [5, 5.41) is 0. The average molecular weight is 297 g/mol. The summed E-state index contributed by atoms with van der Waals surface area (Å²) in [7, 11) is 3.52. The van der Waals surface area contributed by atoms with E-state index in [2.05, 4.69) is 65.2 Å². The van der Waals surface area contributed by atoms with Crippen LogP contribution in [0.5, 0.6) is 0 Å². The molecule has 0 heterocycles. The molecule has 3 heteroatoms. The number of nitrogens with zero attached hydrogens (tertiary/aromatic N) is 1. The maximum Gasteiger partial charge on any atom is 0.305 e. The van der Waals surface area contributed by atoms with Crippen molar-refractivity contribution in [1.82, 2.24) is 4.90 Å². The van der Waals surface area contributed by atoms with Gasteiger partial charge in [-0.1, -0.05) is 54.6 Å². The number of benzene rings is 2. The lowest BCUT2D eigenvalue weighted by molar-refractivity contribution is -0.140. The smallest absolute Gasteiger partial charge is 0.305 e. The minimum atomic E-state index is -0.141. The highest BCUT2D eigenvalue weighted by atomic mass is 16.5. The van der Waals surface area contributed by atoms with Crippen molar-refractivity contribution in [2.24, 2.45) is 0 Å². The molecule has 0 aliphatic rings. The molecule has 116 valence electrons. The molecule has 0 aliphatic heterocycles. The molecule has 0 atom stereocenters. The first-order valence-corrected chi connectivity index (χ1v) is 7.59. The Labute approximate surface area is 132 Å². The predicted molar refractivity (Wildman–Crippen MR) is 89.5 cm³/mol. The van der Waals surface area contributed by atoms with Crippen LogP contribution in [0.4, 0.5) is 0 Å². The van der Waals surface area contributed by atoms with Crippen LogP contribution in [-0.2, 0) is 16.1 Å². The average Bonchev–Trinajstić information content (AvgIpc) is 2.56. The van der Waals surface area contributed by atoms with Crippen molar-refractivity contribution in [2.75, 3.05) is 20.7 Å². The van der Waals surface area contributed by atoms with Gasteiger partial charge in [-0.3, -0.25) is 4.79 Å². The lowest BCUT2D eigenvalue weighted by atomic mass is 9.99. The molecule has 0 N–H and O–H groups in total. The SMILES string of the molecule is COC(=O)CCCN(C)Cc1ccccc1-c1ccccc1. The van der Waals surface area contributed by atoms with Crippen molar-refractivity contribution < 1.29 is 9.53 Å². The summed E-state index contributed by atoms with van der Waals surface area (Å²) < 4.78 is 4.67. The number of rotatable bonds is 7. The van der Waals surface area contributed by atoms with Gasteiger partial charge in [0, 0.05) is 13.0 Å². The molecule has 0 fully saturated rings.